The summed E-state index contributed by atoms with van der Waals surface area (Å²) >= 11 is 0.961. The zero-order chi connectivity index (χ0) is 34.1. The fourth-order valence-electron chi connectivity index (χ4n) is 4.46. The Labute approximate surface area is 266 Å². The van der Waals surface area contributed by atoms with Crippen molar-refractivity contribution >= 4 is 40.2 Å². The number of carbonyl (C=O) groups excluding carboxylic acids is 2. The first kappa shape index (κ1) is 33.4. The van der Waals surface area contributed by atoms with Gasteiger partial charge < -0.3 is 14.8 Å². The Morgan fingerprint density at radius 2 is 1.83 bits per heavy atom. The number of carbonyl (C=O) groups is 2. The van der Waals surface area contributed by atoms with Crippen LogP contribution >= 0.6 is 11.8 Å². The number of aromatic nitrogens is 4. The second-order valence-electron chi connectivity index (χ2n) is 9.95. The number of nitrogens with one attached hydrogen (secondary N) is 1. The van der Waals surface area contributed by atoms with Crippen LogP contribution in [0.2, 0.25) is 0 Å². The number of halogens is 6. The smallest absolute Gasteiger partial charge is 0.404 e. The minimum atomic E-state index is -4.93. The third kappa shape index (κ3) is 7.71. The summed E-state index contributed by atoms with van der Waals surface area (Å²) in [6.07, 6.45) is -8.35. The van der Waals surface area contributed by atoms with E-state index < -0.39 is 41.7 Å². The van der Waals surface area contributed by atoms with Crippen LogP contribution in [0.4, 0.5) is 42.5 Å². The van der Waals surface area contributed by atoms with Crippen molar-refractivity contribution in [3.05, 3.63) is 77.7 Å². The number of aryl methyl sites for hydroxylation is 1. The molecule has 1 atom stereocenters. The van der Waals surface area contributed by atoms with E-state index in [0.29, 0.717) is 11.3 Å². The van der Waals surface area contributed by atoms with Gasteiger partial charge in [0, 0.05) is 18.2 Å². The molecule has 47 heavy (non-hydrogen) atoms. The topological polar surface area (TPSA) is 124 Å². The van der Waals surface area contributed by atoms with Gasteiger partial charge in [0.1, 0.15) is 12.1 Å². The molecular formula is C29H23F6N7O4S. The van der Waals surface area contributed by atoms with Crippen molar-refractivity contribution < 1.29 is 45.4 Å². The lowest BCUT2D eigenvalue weighted by atomic mass is 10.0. The lowest BCUT2D eigenvalue weighted by molar-refractivity contribution is -0.274. The normalized spacial score (nSPS) is 15.3. The molecule has 1 aliphatic heterocycles. The predicted octanol–water partition coefficient (Wildman–Crippen LogP) is 6.93. The highest BCUT2D eigenvalue weighted by atomic mass is 32.2. The molecule has 0 spiro atoms. The van der Waals surface area contributed by atoms with Crippen LogP contribution in [0.1, 0.15) is 29.7 Å². The second kappa shape index (κ2) is 13.0. The molecule has 1 fully saturated rings. The van der Waals surface area contributed by atoms with Gasteiger partial charge in [-0.2, -0.15) is 18.2 Å². The van der Waals surface area contributed by atoms with Crippen molar-refractivity contribution in [3.8, 4) is 23.0 Å². The lowest BCUT2D eigenvalue weighted by Crippen LogP contribution is -2.31. The van der Waals surface area contributed by atoms with Gasteiger partial charge in [0.25, 0.3) is 0 Å². The number of urea groups is 1. The molecular weight excluding hydrogens is 656 g/mol. The molecule has 11 nitrogen and oxygen atoms in total. The molecule has 1 saturated heterocycles. The van der Waals surface area contributed by atoms with Gasteiger partial charge in [0.15, 0.2) is 16.8 Å². The molecule has 3 heterocycles. The number of amides is 3. The number of amidine groups is 1. The molecule has 4 aromatic rings. The summed E-state index contributed by atoms with van der Waals surface area (Å²) in [5.41, 5.74) is -0.0137. The van der Waals surface area contributed by atoms with Crippen molar-refractivity contribution in [1.82, 2.24) is 19.7 Å². The van der Waals surface area contributed by atoms with Crippen LogP contribution in [0.15, 0.2) is 66.0 Å². The molecule has 0 bridgehead atoms. The van der Waals surface area contributed by atoms with Gasteiger partial charge in [0.05, 0.1) is 35.0 Å². The van der Waals surface area contributed by atoms with Crippen LogP contribution < -0.4 is 15.0 Å². The zero-order valence-electron chi connectivity index (χ0n) is 24.6. The number of hydrogen-bond acceptors (Lipinski definition) is 8. The number of alkyl halides is 6. The highest BCUT2D eigenvalue weighted by molar-refractivity contribution is 8.15. The first-order valence-electron chi connectivity index (χ1n) is 13.5. The Balaban J connectivity index is 1.39. The highest BCUT2D eigenvalue weighted by Gasteiger charge is 2.36. The number of anilines is 2. The first-order chi connectivity index (χ1) is 22.1. The summed E-state index contributed by atoms with van der Waals surface area (Å²) in [5.74, 6) is -1.13. The Kier molecular flexibility index (Phi) is 9.26. The van der Waals surface area contributed by atoms with Crippen LogP contribution in [0.5, 0.6) is 5.75 Å². The number of benzene rings is 2. The fourth-order valence-corrected chi connectivity index (χ4v) is 5.32. The number of aliphatic imine (C=N–C) groups is 1. The van der Waals surface area contributed by atoms with Crippen molar-refractivity contribution in [3.63, 3.8) is 0 Å². The molecule has 2 aromatic heterocycles. The van der Waals surface area contributed by atoms with E-state index in [9.17, 15) is 35.9 Å². The zero-order valence-corrected chi connectivity index (χ0v) is 25.4. The molecule has 5 rings (SSSR count). The molecule has 2 aromatic carbocycles. The van der Waals surface area contributed by atoms with Crippen molar-refractivity contribution in [2.75, 3.05) is 23.1 Å². The van der Waals surface area contributed by atoms with E-state index in [1.807, 2.05) is 13.0 Å². The van der Waals surface area contributed by atoms with E-state index >= 15 is 0 Å². The molecule has 0 saturated carbocycles. The van der Waals surface area contributed by atoms with Gasteiger partial charge in [-0.1, -0.05) is 23.9 Å². The molecule has 0 radical (unpaired) electrons. The van der Waals surface area contributed by atoms with E-state index in [-0.39, 0.29) is 34.0 Å². The number of rotatable bonds is 7. The number of thioether (sulfide) groups is 1. The highest BCUT2D eigenvalue weighted by Crippen LogP contribution is 2.38. The van der Waals surface area contributed by atoms with Crippen LogP contribution in [0, 0.1) is 6.92 Å². The summed E-state index contributed by atoms with van der Waals surface area (Å²) < 4.78 is 89.9. The minimum Gasteiger partial charge on any atom is -0.404 e. The Bertz CT molecular complexity index is 1840. The maximum atomic E-state index is 14.1. The van der Waals surface area contributed by atoms with Crippen LogP contribution in [0.25, 0.3) is 17.2 Å². The molecule has 1 N–H and O–H groups in total. The van der Waals surface area contributed by atoms with E-state index in [4.69, 9.17) is 4.74 Å². The first-order valence-corrected chi connectivity index (χ1v) is 14.5. The van der Waals surface area contributed by atoms with Gasteiger partial charge in [0.2, 0.25) is 5.91 Å². The maximum absolute atomic E-state index is 14.1. The second-order valence-corrected chi connectivity index (χ2v) is 10.9. The summed E-state index contributed by atoms with van der Waals surface area (Å²) in [6, 6.07) is 9.28. The molecule has 3 amide bonds. The quantitative estimate of drug-likeness (QED) is 0.209. The van der Waals surface area contributed by atoms with Crippen LogP contribution in [0.3, 0.4) is 0 Å². The number of pyridine rings is 1. The molecule has 1 unspecified atom stereocenters. The van der Waals surface area contributed by atoms with E-state index in [0.717, 1.165) is 58.8 Å². The number of ether oxygens (including phenoxy) is 2. The van der Waals surface area contributed by atoms with E-state index in [2.05, 4.69) is 30.1 Å². The standard InChI is InChI=1S/C29H23F6N7O4S/c1-15-4-7-19(16(2)45-3)22(10-15)42-24(43)13-47-27(42)39-26(44)38-21-8-5-17(11-20(21)28(30,31)32)25-37-14-41(40-25)23-9-6-18(12-36-23)46-29(33,34)35/h4-12,14,16H,13H2,1-3H3,(H,38,44). The predicted molar refractivity (Wildman–Crippen MR) is 159 cm³/mol. The van der Waals surface area contributed by atoms with Crippen molar-refractivity contribution in [1.29, 1.82) is 0 Å². The summed E-state index contributed by atoms with van der Waals surface area (Å²) in [6.45, 7) is 3.59. The van der Waals surface area contributed by atoms with Crippen LogP contribution in [-0.4, -0.2) is 56.1 Å². The Hall–Kier alpha value is -4.97. The number of methoxy groups -OCH3 is 1. The number of hydrogen-bond donors (Lipinski definition) is 1. The van der Waals surface area contributed by atoms with Crippen molar-refractivity contribution in [2.45, 2.75) is 32.5 Å². The molecule has 18 heteroatoms. The van der Waals surface area contributed by atoms with Gasteiger partial charge in [-0.05, 0) is 55.8 Å². The maximum Gasteiger partial charge on any atom is 0.573 e. The average molecular weight is 680 g/mol. The minimum absolute atomic E-state index is 0.0177. The van der Waals surface area contributed by atoms with Gasteiger partial charge >= 0.3 is 18.6 Å². The lowest BCUT2D eigenvalue weighted by Gasteiger charge is -2.23. The summed E-state index contributed by atoms with van der Waals surface area (Å²) in [4.78, 5) is 38.7. The fraction of sp³-hybridized carbons (Fsp3) is 0.241. The van der Waals surface area contributed by atoms with Gasteiger partial charge in [-0.15, -0.1) is 18.3 Å². The number of nitrogens with zero attached hydrogens (tertiary/aromatic N) is 6. The molecule has 246 valence electrons. The summed E-state index contributed by atoms with van der Waals surface area (Å²) in [7, 11) is 1.50. The van der Waals surface area contributed by atoms with Crippen molar-refractivity contribution in [2.24, 2.45) is 4.99 Å². The van der Waals surface area contributed by atoms with Crippen LogP contribution in [-0.2, 0) is 15.7 Å². The monoisotopic (exact) mass is 679 g/mol. The molecule has 1 aliphatic rings. The van der Waals surface area contributed by atoms with E-state index in [1.165, 1.54) is 18.1 Å². The largest absolute Gasteiger partial charge is 0.573 e. The summed E-state index contributed by atoms with van der Waals surface area (Å²) in [5, 5.41) is 6.20. The molecule has 0 aliphatic carbocycles. The van der Waals surface area contributed by atoms with Gasteiger partial charge in [-0.3, -0.25) is 9.69 Å². The Morgan fingerprint density at radius 3 is 2.49 bits per heavy atom. The SMILES string of the molecule is COC(C)c1ccc(C)cc1N1C(=O)CSC1=NC(=O)Nc1ccc(-c2ncn(-c3ccc(OC(F)(F)F)cn3)n2)cc1C(F)(F)F. The third-order valence-electron chi connectivity index (χ3n) is 6.69. The average Bonchev–Trinajstić information content (AvgIpc) is 3.63. The van der Waals surface area contributed by atoms with Gasteiger partial charge in [-0.25, -0.2) is 19.4 Å². The third-order valence-corrected chi connectivity index (χ3v) is 7.61. The van der Waals surface area contributed by atoms with E-state index in [1.54, 1.807) is 19.1 Å². The Morgan fingerprint density at radius 1 is 1.06 bits per heavy atom.